The van der Waals surface area contributed by atoms with Crippen molar-refractivity contribution in [1.29, 1.82) is 0 Å². The number of hydrogen-bond acceptors (Lipinski definition) is 7. The lowest BCUT2D eigenvalue weighted by atomic mass is 10.1. The Morgan fingerprint density at radius 2 is 1.81 bits per heavy atom. The third kappa shape index (κ3) is 4.40. The summed E-state index contributed by atoms with van der Waals surface area (Å²) < 4.78 is 4.74. The van der Waals surface area contributed by atoms with E-state index in [9.17, 15) is 14.9 Å². The van der Waals surface area contributed by atoms with Crippen LogP contribution >= 0.6 is 22.6 Å². The second-order valence-corrected chi connectivity index (χ2v) is 9.00. The van der Waals surface area contributed by atoms with Gasteiger partial charge in [-0.2, -0.15) is 5.10 Å². The normalized spacial score (nSPS) is 14.6. The van der Waals surface area contributed by atoms with Crippen LogP contribution in [0.15, 0.2) is 83.9 Å². The Morgan fingerprint density at radius 1 is 1.08 bits per heavy atom. The molecule has 0 spiro atoms. The average Bonchev–Trinajstić information content (AvgIpc) is 3.35. The molecule has 0 saturated carbocycles. The lowest BCUT2D eigenvalue weighted by Crippen LogP contribution is -2.48. The summed E-state index contributed by atoms with van der Waals surface area (Å²) in [5, 5.41) is 20.6. The number of nitro benzene ring substituents is 1. The fourth-order valence-electron chi connectivity index (χ4n) is 3.81. The Balaban J connectivity index is 1.59. The quantitative estimate of drug-likeness (QED) is 0.104. The van der Waals surface area contributed by atoms with Crippen molar-refractivity contribution < 1.29 is 14.5 Å². The molecule has 2 N–H and O–H groups in total. The number of nitrogens with one attached hydrogen (secondary N) is 2. The Bertz CT molecular complexity index is 1470. The van der Waals surface area contributed by atoms with Crippen molar-refractivity contribution in [1.82, 2.24) is 20.6 Å². The summed E-state index contributed by atoms with van der Waals surface area (Å²) in [7, 11) is 1.55. The van der Waals surface area contributed by atoms with Crippen LogP contribution in [0.4, 0.5) is 11.4 Å². The van der Waals surface area contributed by atoms with E-state index in [0.29, 0.717) is 39.8 Å². The van der Waals surface area contributed by atoms with E-state index >= 15 is 0 Å². The first kappa shape index (κ1) is 23.5. The van der Waals surface area contributed by atoms with E-state index < -0.39 is 8.97 Å². The molecule has 5 rings (SSSR count). The van der Waals surface area contributed by atoms with Gasteiger partial charge in [0.25, 0.3) is 11.6 Å². The van der Waals surface area contributed by atoms with E-state index in [1.807, 2.05) is 30.3 Å². The van der Waals surface area contributed by atoms with Crippen LogP contribution in [0.1, 0.15) is 25.7 Å². The molecular weight excluding hydrogens is 575 g/mol. The van der Waals surface area contributed by atoms with Crippen molar-refractivity contribution in [3.63, 3.8) is 0 Å². The first-order valence-electron chi connectivity index (χ1n) is 10.8. The number of nitro groups is 1. The molecule has 1 amide bonds. The highest BCUT2D eigenvalue weighted by molar-refractivity contribution is 14.1. The van der Waals surface area contributed by atoms with E-state index in [0.717, 1.165) is 5.56 Å². The molecule has 0 fully saturated rings. The van der Waals surface area contributed by atoms with Crippen LogP contribution in [0.5, 0.6) is 5.75 Å². The maximum atomic E-state index is 13.2. The Morgan fingerprint density at radius 3 is 2.50 bits per heavy atom. The molecule has 2 heterocycles. The van der Waals surface area contributed by atoms with Crippen molar-refractivity contribution in [2.24, 2.45) is 4.99 Å². The predicted octanol–water partition coefficient (Wildman–Crippen LogP) is 5.17. The maximum Gasteiger partial charge on any atom is 0.270 e. The van der Waals surface area contributed by atoms with Crippen LogP contribution in [-0.4, -0.2) is 39.0 Å². The highest BCUT2D eigenvalue weighted by atomic mass is 127. The Labute approximate surface area is 219 Å². The van der Waals surface area contributed by atoms with Crippen LogP contribution in [-0.2, 0) is 0 Å². The van der Waals surface area contributed by atoms with Crippen LogP contribution in [0.3, 0.4) is 0 Å². The van der Waals surface area contributed by atoms with Crippen LogP contribution in [0.2, 0.25) is 0 Å². The topological polar surface area (TPSA) is 126 Å². The number of benzene rings is 3. The van der Waals surface area contributed by atoms with E-state index in [1.165, 1.54) is 12.1 Å². The summed E-state index contributed by atoms with van der Waals surface area (Å²) in [6.45, 7) is 0. The fourth-order valence-corrected chi connectivity index (χ4v) is 4.65. The van der Waals surface area contributed by atoms with E-state index in [2.05, 4.69) is 38.2 Å². The van der Waals surface area contributed by atoms with Gasteiger partial charge < -0.3 is 4.74 Å². The third-order valence-corrected chi connectivity index (χ3v) is 6.79. The van der Waals surface area contributed by atoms with Crippen LogP contribution in [0.25, 0.3) is 11.3 Å². The largest absolute Gasteiger partial charge is 0.497 e. The molecule has 10 nitrogen and oxygen atoms in total. The second kappa shape index (κ2) is 9.77. The number of aliphatic imine (C=N–C) groups is 1. The summed E-state index contributed by atoms with van der Waals surface area (Å²) in [4.78, 5) is 29.0. The molecule has 4 aromatic rings. The molecule has 36 heavy (non-hydrogen) atoms. The number of amides is 1. The van der Waals surface area contributed by atoms with Gasteiger partial charge in [-0.3, -0.25) is 25.4 Å². The molecule has 1 aliphatic rings. The Hall–Kier alpha value is -4.26. The van der Waals surface area contributed by atoms with Gasteiger partial charge in [-0.1, -0.05) is 42.5 Å². The number of aromatic amines is 1. The molecular formula is C25H19IN6O4. The number of carbonyl (C=O) groups is 1. The van der Waals surface area contributed by atoms with Gasteiger partial charge in [0.1, 0.15) is 21.2 Å². The van der Waals surface area contributed by atoms with E-state index in [1.54, 1.807) is 48.5 Å². The van der Waals surface area contributed by atoms with Gasteiger partial charge in [-0.05, 0) is 46.9 Å². The highest BCUT2D eigenvalue weighted by Gasteiger charge is 2.34. The zero-order valence-corrected chi connectivity index (χ0v) is 21.0. The second-order valence-electron chi connectivity index (χ2n) is 7.82. The lowest BCUT2D eigenvalue weighted by molar-refractivity contribution is -0.384. The fraction of sp³-hybridized carbons (Fsp3) is 0.0800. The van der Waals surface area contributed by atoms with E-state index in [4.69, 9.17) is 9.73 Å². The molecule has 0 radical (unpaired) electrons. The van der Waals surface area contributed by atoms with Gasteiger partial charge in [0.2, 0.25) is 0 Å². The van der Waals surface area contributed by atoms with Gasteiger partial charge in [-0.25, -0.2) is 10.0 Å². The average molecular weight is 594 g/mol. The number of hydrazine groups is 1. The van der Waals surface area contributed by atoms with Crippen molar-refractivity contribution in [3.05, 3.63) is 106 Å². The molecule has 0 saturated heterocycles. The highest BCUT2D eigenvalue weighted by Crippen LogP contribution is 2.43. The zero-order chi connectivity index (χ0) is 25.2. The number of carbonyl (C=O) groups excluding carboxylic acids is 1. The van der Waals surface area contributed by atoms with Crippen molar-refractivity contribution in [2.45, 2.75) is 4.05 Å². The molecule has 11 heteroatoms. The number of nitrogens with zero attached hydrogens (tertiary/aromatic N) is 4. The number of fused-ring (bicyclic) bond motifs is 1. The zero-order valence-electron chi connectivity index (χ0n) is 18.9. The Kier molecular flexibility index (Phi) is 6.38. The number of rotatable bonds is 6. The van der Waals surface area contributed by atoms with Gasteiger partial charge in [-0.15, -0.1) is 0 Å². The summed E-state index contributed by atoms with van der Waals surface area (Å²) in [5.41, 5.74) is 6.54. The number of non-ortho nitro benzene ring substituents is 1. The first-order valence-corrected chi connectivity index (χ1v) is 12.1. The van der Waals surface area contributed by atoms with Crippen molar-refractivity contribution in [3.8, 4) is 17.0 Å². The molecule has 0 aliphatic carbocycles. The standard InChI is InChI=1S/C25H19IN6O4/c1-36-19-12-10-16(11-13-19)25(33)30-31-23(26)22-21(20(28-29-22)15-6-3-2-4-7-15)27-24(31)17-8-5-9-18(14-17)32(34)35/h2-14,23H,1H3,(H,28,29)(H,30,33). The number of methoxy groups -OCH3 is 1. The van der Waals surface area contributed by atoms with E-state index in [-0.39, 0.29) is 11.6 Å². The van der Waals surface area contributed by atoms with Crippen LogP contribution in [0, 0.1) is 10.1 Å². The molecule has 1 aromatic heterocycles. The first-order chi connectivity index (χ1) is 17.5. The third-order valence-electron chi connectivity index (χ3n) is 5.61. The van der Waals surface area contributed by atoms with Crippen LogP contribution < -0.4 is 10.2 Å². The molecule has 3 aromatic carbocycles. The summed E-state index contributed by atoms with van der Waals surface area (Å²) in [6.07, 6.45) is 0. The van der Waals surface area contributed by atoms with Crippen molar-refractivity contribution in [2.75, 3.05) is 7.11 Å². The van der Waals surface area contributed by atoms with Gasteiger partial charge in [0, 0.05) is 28.8 Å². The summed E-state index contributed by atoms with van der Waals surface area (Å²) in [6, 6.07) is 22.4. The van der Waals surface area contributed by atoms with Gasteiger partial charge >= 0.3 is 0 Å². The number of halogens is 1. The SMILES string of the molecule is COc1ccc(C(=O)NN2C(c3cccc([N+](=O)[O-])c3)=Nc3c(-c4ccccc4)n[nH]c3C2I)cc1. The maximum absolute atomic E-state index is 13.2. The predicted molar refractivity (Wildman–Crippen MR) is 142 cm³/mol. The molecule has 0 bridgehead atoms. The number of alkyl halides is 1. The lowest BCUT2D eigenvalue weighted by Gasteiger charge is -2.33. The number of H-pyrrole nitrogens is 1. The van der Waals surface area contributed by atoms with Gasteiger partial charge in [0.15, 0.2) is 5.84 Å². The monoisotopic (exact) mass is 594 g/mol. The minimum absolute atomic E-state index is 0.0806. The van der Waals surface area contributed by atoms with Crippen molar-refractivity contribution >= 4 is 45.7 Å². The molecule has 1 aliphatic heterocycles. The smallest absolute Gasteiger partial charge is 0.270 e. The summed E-state index contributed by atoms with van der Waals surface area (Å²) >= 11 is 2.18. The minimum Gasteiger partial charge on any atom is -0.497 e. The number of ether oxygens (including phenoxy) is 1. The molecule has 1 atom stereocenters. The molecule has 1 unspecified atom stereocenters. The van der Waals surface area contributed by atoms with Gasteiger partial charge in [0.05, 0.1) is 17.7 Å². The minimum atomic E-state index is -0.465. The number of hydrogen-bond donors (Lipinski definition) is 2. The molecule has 180 valence electrons. The number of amidine groups is 1. The summed E-state index contributed by atoms with van der Waals surface area (Å²) in [5.74, 6) is 0.612. The number of aromatic nitrogens is 2.